The van der Waals surface area contributed by atoms with Crippen LogP contribution in [0.4, 0.5) is 5.82 Å². The molecule has 1 N–H and O–H groups in total. The quantitative estimate of drug-likeness (QED) is 0.877. The summed E-state index contributed by atoms with van der Waals surface area (Å²) in [5.74, 6) is 1.49. The first kappa shape index (κ1) is 14.2. The topological polar surface area (TPSA) is 81.2 Å². The van der Waals surface area contributed by atoms with Gasteiger partial charge in [-0.25, -0.2) is 18.4 Å². The molecular weight excluding hydrogens is 266 g/mol. The van der Waals surface area contributed by atoms with Crippen molar-refractivity contribution < 1.29 is 13.2 Å². The van der Waals surface area contributed by atoms with Gasteiger partial charge in [-0.3, -0.25) is 0 Å². The van der Waals surface area contributed by atoms with Gasteiger partial charge in [0, 0.05) is 18.4 Å². The van der Waals surface area contributed by atoms with Gasteiger partial charge >= 0.3 is 0 Å². The van der Waals surface area contributed by atoms with Crippen molar-refractivity contribution in [1.82, 2.24) is 9.97 Å². The molecule has 1 fully saturated rings. The maximum absolute atomic E-state index is 11.7. The number of anilines is 1. The highest BCUT2D eigenvalue weighted by Gasteiger charge is 2.38. The second kappa shape index (κ2) is 5.05. The molecule has 1 aliphatic rings. The number of methoxy groups -OCH3 is 1. The molecule has 0 aromatic carbocycles. The molecular formula is C12H19N3O3S. The van der Waals surface area contributed by atoms with E-state index < -0.39 is 9.84 Å². The number of rotatable bonds is 3. The van der Waals surface area contributed by atoms with E-state index in [1.54, 1.807) is 0 Å². The Morgan fingerprint density at radius 2 is 1.89 bits per heavy atom. The average molecular weight is 285 g/mol. The van der Waals surface area contributed by atoms with E-state index >= 15 is 0 Å². The molecule has 6 nitrogen and oxygen atoms in total. The highest BCUT2D eigenvalue weighted by Crippen LogP contribution is 2.22. The fraction of sp³-hybridized carbons (Fsp3) is 0.667. The van der Waals surface area contributed by atoms with E-state index in [2.05, 4.69) is 15.3 Å². The van der Waals surface area contributed by atoms with Crippen molar-refractivity contribution in [2.75, 3.05) is 23.9 Å². The Labute approximate surface area is 113 Å². The van der Waals surface area contributed by atoms with Gasteiger partial charge in [0.05, 0.1) is 23.7 Å². The predicted octanol–water partition coefficient (Wildman–Crippen LogP) is 0.626. The van der Waals surface area contributed by atoms with Gasteiger partial charge in [0.1, 0.15) is 11.6 Å². The molecule has 0 unspecified atom stereocenters. The first-order valence-electron chi connectivity index (χ1n) is 6.14. The Morgan fingerprint density at radius 1 is 1.21 bits per heavy atom. The molecule has 1 aliphatic heterocycles. The number of hydrogen-bond acceptors (Lipinski definition) is 6. The molecule has 0 radical (unpaired) electrons. The third kappa shape index (κ3) is 3.03. The van der Waals surface area contributed by atoms with Gasteiger partial charge in [0.2, 0.25) is 0 Å². The average Bonchev–Trinajstić information content (AvgIpc) is 2.60. The minimum absolute atomic E-state index is 0.0588. The van der Waals surface area contributed by atoms with Crippen LogP contribution in [0.15, 0.2) is 0 Å². The standard InChI is InChI=1S/C12H19N3O3S/c1-7-8(2)13-9(3)14-12(7)15-10-5-19(16,17)6-11(10)18-4/h10-11H,5-6H2,1-4H3,(H,13,14,15)/t10-,11-/m0/s1. The zero-order chi connectivity index (χ0) is 14.2. The van der Waals surface area contributed by atoms with E-state index in [1.807, 2.05) is 20.8 Å². The monoisotopic (exact) mass is 285 g/mol. The van der Waals surface area contributed by atoms with Crippen molar-refractivity contribution in [3.8, 4) is 0 Å². The van der Waals surface area contributed by atoms with Gasteiger partial charge in [-0.05, 0) is 20.8 Å². The lowest BCUT2D eigenvalue weighted by atomic mass is 10.2. The Morgan fingerprint density at radius 3 is 2.53 bits per heavy atom. The highest BCUT2D eigenvalue weighted by atomic mass is 32.2. The van der Waals surface area contributed by atoms with Gasteiger partial charge in [0.25, 0.3) is 0 Å². The summed E-state index contributed by atoms with van der Waals surface area (Å²) in [7, 11) is -1.51. The Kier molecular flexibility index (Phi) is 3.78. The van der Waals surface area contributed by atoms with Crippen LogP contribution in [0.25, 0.3) is 0 Å². The van der Waals surface area contributed by atoms with E-state index in [4.69, 9.17) is 4.74 Å². The first-order chi connectivity index (χ1) is 8.82. The number of hydrogen-bond donors (Lipinski definition) is 1. The SMILES string of the molecule is CO[C@H]1CS(=O)(=O)C[C@@H]1Nc1nc(C)nc(C)c1C. The van der Waals surface area contributed by atoms with E-state index in [0.717, 1.165) is 11.3 Å². The van der Waals surface area contributed by atoms with Crippen LogP contribution >= 0.6 is 0 Å². The summed E-state index contributed by atoms with van der Waals surface area (Å²) in [4.78, 5) is 8.62. The van der Waals surface area contributed by atoms with Gasteiger partial charge in [-0.2, -0.15) is 0 Å². The van der Waals surface area contributed by atoms with Crippen LogP contribution in [0, 0.1) is 20.8 Å². The molecule has 2 heterocycles. The number of nitrogens with one attached hydrogen (secondary N) is 1. The summed E-state index contributed by atoms with van der Waals surface area (Å²) >= 11 is 0. The normalized spacial score (nSPS) is 25.5. The molecule has 2 atom stereocenters. The summed E-state index contributed by atoms with van der Waals surface area (Å²) in [6, 6.07) is -0.262. The zero-order valence-corrected chi connectivity index (χ0v) is 12.4. The molecule has 0 aliphatic carbocycles. The lowest BCUT2D eigenvalue weighted by Gasteiger charge is -2.20. The third-order valence-corrected chi connectivity index (χ3v) is 5.13. The molecule has 0 bridgehead atoms. The van der Waals surface area contributed by atoms with Crippen LogP contribution < -0.4 is 5.32 Å². The highest BCUT2D eigenvalue weighted by molar-refractivity contribution is 7.91. The summed E-state index contributed by atoms with van der Waals surface area (Å²) < 4.78 is 28.6. The van der Waals surface area contributed by atoms with Crippen molar-refractivity contribution in [3.05, 3.63) is 17.1 Å². The number of sulfone groups is 1. The maximum Gasteiger partial charge on any atom is 0.155 e. The van der Waals surface area contributed by atoms with Crippen LogP contribution in [0.5, 0.6) is 0 Å². The van der Waals surface area contributed by atoms with E-state index in [0.29, 0.717) is 11.6 Å². The molecule has 2 rings (SSSR count). The molecule has 0 spiro atoms. The number of aryl methyl sites for hydroxylation is 2. The number of aromatic nitrogens is 2. The lowest BCUT2D eigenvalue weighted by Crippen LogP contribution is -2.34. The minimum atomic E-state index is -3.04. The summed E-state index contributed by atoms with van der Waals surface area (Å²) in [6.07, 6.45) is -0.333. The van der Waals surface area contributed by atoms with Crippen molar-refractivity contribution in [2.45, 2.75) is 32.9 Å². The van der Waals surface area contributed by atoms with Crippen LogP contribution in [-0.2, 0) is 14.6 Å². The van der Waals surface area contributed by atoms with E-state index in [1.165, 1.54) is 7.11 Å². The second-order valence-electron chi connectivity index (χ2n) is 4.93. The second-order valence-corrected chi connectivity index (χ2v) is 7.09. The zero-order valence-electron chi connectivity index (χ0n) is 11.6. The predicted molar refractivity (Wildman–Crippen MR) is 73.1 cm³/mol. The number of ether oxygens (including phenoxy) is 1. The summed E-state index contributed by atoms with van der Waals surface area (Å²) in [5, 5.41) is 3.19. The van der Waals surface area contributed by atoms with Crippen molar-refractivity contribution in [1.29, 1.82) is 0 Å². The van der Waals surface area contributed by atoms with Gasteiger partial charge in [-0.1, -0.05) is 0 Å². The minimum Gasteiger partial charge on any atom is -0.378 e. The summed E-state index contributed by atoms with van der Waals surface area (Å²) in [5.41, 5.74) is 1.83. The van der Waals surface area contributed by atoms with Crippen LogP contribution in [0.2, 0.25) is 0 Å². The van der Waals surface area contributed by atoms with Crippen molar-refractivity contribution in [2.24, 2.45) is 0 Å². The Balaban J connectivity index is 2.26. The molecule has 7 heteroatoms. The molecule has 19 heavy (non-hydrogen) atoms. The van der Waals surface area contributed by atoms with Crippen LogP contribution in [0.3, 0.4) is 0 Å². The Bertz CT molecular complexity index is 586. The van der Waals surface area contributed by atoms with Crippen molar-refractivity contribution >= 4 is 15.7 Å². The van der Waals surface area contributed by atoms with Crippen LogP contribution in [-0.4, -0.2) is 49.1 Å². The molecule has 1 saturated heterocycles. The van der Waals surface area contributed by atoms with Gasteiger partial charge in [0.15, 0.2) is 9.84 Å². The van der Waals surface area contributed by atoms with E-state index in [-0.39, 0.29) is 23.7 Å². The van der Waals surface area contributed by atoms with Gasteiger partial charge < -0.3 is 10.1 Å². The molecule has 1 aromatic heterocycles. The fourth-order valence-electron chi connectivity index (χ4n) is 2.27. The smallest absolute Gasteiger partial charge is 0.155 e. The van der Waals surface area contributed by atoms with Gasteiger partial charge in [-0.15, -0.1) is 0 Å². The third-order valence-electron chi connectivity index (χ3n) is 3.43. The van der Waals surface area contributed by atoms with E-state index in [9.17, 15) is 8.42 Å². The molecule has 0 amide bonds. The fourth-order valence-corrected chi connectivity index (χ4v) is 4.12. The molecule has 106 valence electrons. The lowest BCUT2D eigenvalue weighted by molar-refractivity contribution is 0.115. The summed E-state index contributed by atoms with van der Waals surface area (Å²) in [6.45, 7) is 5.65. The number of nitrogens with zero attached hydrogens (tertiary/aromatic N) is 2. The molecule has 1 aromatic rings. The molecule has 0 saturated carbocycles. The maximum atomic E-state index is 11.7. The first-order valence-corrected chi connectivity index (χ1v) is 7.96. The van der Waals surface area contributed by atoms with Crippen LogP contribution in [0.1, 0.15) is 17.1 Å². The van der Waals surface area contributed by atoms with Crippen molar-refractivity contribution in [3.63, 3.8) is 0 Å². The Hall–Kier alpha value is -1.21. The largest absolute Gasteiger partial charge is 0.378 e.